The van der Waals surface area contributed by atoms with Gasteiger partial charge in [-0.05, 0) is 50.5 Å². The first-order valence-electron chi connectivity index (χ1n) is 7.87. The second-order valence-electron chi connectivity index (χ2n) is 6.48. The molecule has 3 heterocycles. The van der Waals surface area contributed by atoms with Gasteiger partial charge >= 0.3 is 0 Å². The molecule has 1 spiro atoms. The van der Waals surface area contributed by atoms with Gasteiger partial charge in [0.25, 0.3) is 5.91 Å². The predicted molar refractivity (Wildman–Crippen MR) is 73.9 cm³/mol. The van der Waals surface area contributed by atoms with Crippen LogP contribution in [0.5, 0.6) is 0 Å². The van der Waals surface area contributed by atoms with Gasteiger partial charge in [0.2, 0.25) is 0 Å². The minimum atomic E-state index is -0.152. The number of hydrogen-bond donors (Lipinski definition) is 1. The third kappa shape index (κ3) is 2.65. The van der Waals surface area contributed by atoms with Crippen LogP contribution in [0.15, 0.2) is 0 Å². The maximum atomic E-state index is 12.5. The quantitative estimate of drug-likeness (QED) is 0.824. The van der Waals surface area contributed by atoms with Crippen molar-refractivity contribution in [2.45, 2.75) is 57.7 Å². The van der Waals surface area contributed by atoms with Gasteiger partial charge in [-0.3, -0.25) is 4.79 Å². The van der Waals surface area contributed by atoms with Crippen molar-refractivity contribution in [1.29, 1.82) is 0 Å². The van der Waals surface area contributed by atoms with Crippen molar-refractivity contribution in [3.8, 4) is 0 Å². The number of amides is 1. The first kappa shape index (κ1) is 13.4. The summed E-state index contributed by atoms with van der Waals surface area (Å²) >= 11 is 0. The Bertz CT molecular complexity index is 329. The van der Waals surface area contributed by atoms with E-state index < -0.39 is 0 Å². The van der Waals surface area contributed by atoms with Crippen LogP contribution in [0.3, 0.4) is 0 Å². The summed E-state index contributed by atoms with van der Waals surface area (Å²) in [6.45, 7) is 6.29. The summed E-state index contributed by atoms with van der Waals surface area (Å²) in [5.74, 6) is 0.247. The monoisotopic (exact) mass is 266 g/mol. The fourth-order valence-corrected chi connectivity index (χ4v) is 3.82. The van der Waals surface area contributed by atoms with Crippen LogP contribution in [0, 0.1) is 5.41 Å². The van der Waals surface area contributed by atoms with E-state index in [1.807, 2.05) is 4.90 Å². The lowest BCUT2D eigenvalue weighted by Gasteiger charge is -2.39. The molecule has 1 N–H and O–H groups in total. The summed E-state index contributed by atoms with van der Waals surface area (Å²) in [5.41, 5.74) is 0.485. The Morgan fingerprint density at radius 1 is 1.32 bits per heavy atom. The number of piperidine rings is 1. The van der Waals surface area contributed by atoms with Crippen LogP contribution in [0.4, 0.5) is 0 Å². The van der Waals surface area contributed by atoms with Crippen LogP contribution in [0.25, 0.3) is 0 Å². The fourth-order valence-electron chi connectivity index (χ4n) is 3.82. The molecule has 0 radical (unpaired) electrons. The van der Waals surface area contributed by atoms with E-state index >= 15 is 0 Å². The van der Waals surface area contributed by atoms with E-state index in [2.05, 4.69) is 12.2 Å². The third-order valence-electron chi connectivity index (χ3n) is 5.31. The Hall–Kier alpha value is -0.610. The maximum absolute atomic E-state index is 12.5. The molecule has 0 saturated carbocycles. The van der Waals surface area contributed by atoms with E-state index in [0.29, 0.717) is 11.5 Å². The molecular formula is C15H26N2O2. The van der Waals surface area contributed by atoms with Crippen LogP contribution in [0.2, 0.25) is 0 Å². The van der Waals surface area contributed by atoms with E-state index in [1.165, 1.54) is 6.42 Å². The molecule has 2 unspecified atom stereocenters. The molecule has 3 saturated heterocycles. The SMILES string of the molecule is CCC1CCC(C(=O)N2CCC3(CCNC3)CC2)O1. The van der Waals surface area contributed by atoms with Gasteiger partial charge in [-0.2, -0.15) is 0 Å². The zero-order chi connectivity index (χ0) is 13.3. The van der Waals surface area contributed by atoms with E-state index in [1.54, 1.807) is 0 Å². The number of hydrogen-bond acceptors (Lipinski definition) is 3. The van der Waals surface area contributed by atoms with Crippen LogP contribution in [-0.2, 0) is 9.53 Å². The lowest BCUT2D eigenvalue weighted by molar-refractivity contribution is -0.145. The van der Waals surface area contributed by atoms with Crippen molar-refractivity contribution in [1.82, 2.24) is 10.2 Å². The average molecular weight is 266 g/mol. The fraction of sp³-hybridized carbons (Fsp3) is 0.933. The molecule has 0 bridgehead atoms. The minimum absolute atomic E-state index is 0.152. The number of likely N-dealkylation sites (tertiary alicyclic amines) is 1. The van der Waals surface area contributed by atoms with Gasteiger partial charge < -0.3 is 15.0 Å². The highest BCUT2D eigenvalue weighted by Gasteiger charge is 2.40. The predicted octanol–water partition coefficient (Wildman–Crippen LogP) is 1.55. The van der Waals surface area contributed by atoms with Crippen molar-refractivity contribution in [2.24, 2.45) is 5.41 Å². The second kappa shape index (κ2) is 5.41. The van der Waals surface area contributed by atoms with E-state index in [-0.39, 0.29) is 12.0 Å². The molecule has 3 fully saturated rings. The molecule has 1 amide bonds. The Morgan fingerprint density at radius 2 is 2.11 bits per heavy atom. The maximum Gasteiger partial charge on any atom is 0.251 e. The molecular weight excluding hydrogens is 240 g/mol. The number of carbonyl (C=O) groups excluding carboxylic acids is 1. The Balaban J connectivity index is 1.52. The number of rotatable bonds is 2. The molecule has 19 heavy (non-hydrogen) atoms. The first-order chi connectivity index (χ1) is 9.22. The van der Waals surface area contributed by atoms with Gasteiger partial charge in [0.15, 0.2) is 0 Å². The molecule has 4 nitrogen and oxygen atoms in total. The zero-order valence-electron chi connectivity index (χ0n) is 12.0. The van der Waals surface area contributed by atoms with Gasteiger partial charge in [0.05, 0.1) is 6.10 Å². The molecule has 0 aromatic carbocycles. The van der Waals surface area contributed by atoms with Gasteiger partial charge in [0.1, 0.15) is 6.10 Å². The molecule has 3 aliphatic heterocycles. The number of nitrogens with zero attached hydrogens (tertiary/aromatic N) is 1. The molecule has 0 aliphatic carbocycles. The smallest absolute Gasteiger partial charge is 0.251 e. The molecule has 0 aromatic rings. The van der Waals surface area contributed by atoms with Crippen molar-refractivity contribution in [3.05, 3.63) is 0 Å². The van der Waals surface area contributed by atoms with Gasteiger partial charge in [-0.1, -0.05) is 6.92 Å². The summed E-state index contributed by atoms with van der Waals surface area (Å²) in [7, 11) is 0. The van der Waals surface area contributed by atoms with E-state index in [4.69, 9.17) is 4.74 Å². The largest absolute Gasteiger partial charge is 0.365 e. The van der Waals surface area contributed by atoms with Crippen molar-refractivity contribution in [2.75, 3.05) is 26.2 Å². The summed E-state index contributed by atoms with van der Waals surface area (Å²) < 4.78 is 5.84. The Morgan fingerprint density at radius 3 is 2.68 bits per heavy atom. The third-order valence-corrected chi connectivity index (χ3v) is 5.31. The molecule has 0 aromatic heterocycles. The van der Waals surface area contributed by atoms with Crippen LogP contribution < -0.4 is 5.32 Å². The van der Waals surface area contributed by atoms with Gasteiger partial charge in [-0.25, -0.2) is 0 Å². The van der Waals surface area contributed by atoms with Gasteiger partial charge in [-0.15, -0.1) is 0 Å². The molecule has 3 rings (SSSR count). The Labute approximate surface area is 115 Å². The zero-order valence-corrected chi connectivity index (χ0v) is 12.0. The van der Waals surface area contributed by atoms with Crippen LogP contribution in [-0.4, -0.2) is 49.2 Å². The van der Waals surface area contributed by atoms with Crippen molar-refractivity contribution in [3.63, 3.8) is 0 Å². The number of carbonyl (C=O) groups is 1. The molecule has 3 aliphatic rings. The highest BCUT2D eigenvalue weighted by Crippen LogP contribution is 2.37. The normalized spacial score (nSPS) is 34.1. The van der Waals surface area contributed by atoms with Crippen molar-refractivity contribution >= 4 is 5.91 Å². The summed E-state index contributed by atoms with van der Waals surface area (Å²) in [6, 6.07) is 0. The van der Waals surface area contributed by atoms with E-state index in [0.717, 1.165) is 58.3 Å². The number of ether oxygens (including phenoxy) is 1. The highest BCUT2D eigenvalue weighted by molar-refractivity contribution is 5.81. The van der Waals surface area contributed by atoms with Crippen LogP contribution >= 0.6 is 0 Å². The standard InChI is InChI=1S/C15H26N2O2/c1-2-12-3-4-13(19-12)14(18)17-9-6-15(7-10-17)5-8-16-11-15/h12-13,16H,2-11H2,1H3. The van der Waals surface area contributed by atoms with Crippen molar-refractivity contribution < 1.29 is 9.53 Å². The topological polar surface area (TPSA) is 41.6 Å². The highest BCUT2D eigenvalue weighted by atomic mass is 16.5. The average Bonchev–Trinajstić information content (AvgIpc) is 3.08. The van der Waals surface area contributed by atoms with E-state index in [9.17, 15) is 4.79 Å². The number of nitrogens with one attached hydrogen (secondary N) is 1. The Kier molecular flexibility index (Phi) is 3.81. The van der Waals surface area contributed by atoms with Gasteiger partial charge in [0, 0.05) is 19.6 Å². The molecule has 4 heteroatoms. The summed E-state index contributed by atoms with van der Waals surface area (Å²) in [5, 5.41) is 3.47. The van der Waals surface area contributed by atoms with Crippen LogP contribution in [0.1, 0.15) is 45.4 Å². The molecule has 2 atom stereocenters. The lowest BCUT2D eigenvalue weighted by Crippen LogP contribution is -2.47. The molecule has 108 valence electrons. The second-order valence-corrected chi connectivity index (χ2v) is 6.48. The first-order valence-corrected chi connectivity index (χ1v) is 7.87. The lowest BCUT2D eigenvalue weighted by atomic mass is 9.78. The summed E-state index contributed by atoms with van der Waals surface area (Å²) in [6.07, 6.45) is 6.76. The summed E-state index contributed by atoms with van der Waals surface area (Å²) in [4.78, 5) is 14.5. The minimum Gasteiger partial charge on any atom is -0.365 e.